The Labute approximate surface area is 135 Å². The van der Waals surface area contributed by atoms with Gasteiger partial charge in [-0.05, 0) is 42.8 Å². The Balaban J connectivity index is 1.80. The summed E-state index contributed by atoms with van der Waals surface area (Å²) in [5.41, 5.74) is 1.45. The Morgan fingerprint density at radius 2 is 1.83 bits per heavy atom. The lowest BCUT2D eigenvalue weighted by atomic mass is 10.2. The molecule has 0 bridgehead atoms. The van der Waals surface area contributed by atoms with E-state index in [-0.39, 0.29) is 5.56 Å². The van der Waals surface area contributed by atoms with Crippen LogP contribution in [0.4, 0.5) is 0 Å². The number of ether oxygens (including phenoxy) is 1. The Morgan fingerprint density at radius 1 is 1.04 bits per heavy atom. The van der Waals surface area contributed by atoms with Crippen molar-refractivity contribution in [1.82, 2.24) is 9.97 Å². The third kappa shape index (κ3) is 3.59. The van der Waals surface area contributed by atoms with Crippen LogP contribution in [0.1, 0.15) is 26.2 Å². The van der Waals surface area contributed by atoms with Crippen molar-refractivity contribution >= 4 is 10.9 Å². The number of fused-ring (bicyclic) bond motifs is 1. The second-order valence-corrected chi connectivity index (χ2v) is 5.51. The van der Waals surface area contributed by atoms with Gasteiger partial charge in [0.1, 0.15) is 11.6 Å². The highest BCUT2D eigenvalue weighted by Gasteiger charge is 2.05. The van der Waals surface area contributed by atoms with Gasteiger partial charge in [-0.15, -0.1) is 0 Å². The highest BCUT2D eigenvalue weighted by atomic mass is 16.5. The molecule has 4 heteroatoms. The summed E-state index contributed by atoms with van der Waals surface area (Å²) in [5.74, 6) is 1.42. The molecule has 1 N–H and O–H groups in total. The predicted octanol–water partition coefficient (Wildman–Crippen LogP) is 4.16. The first-order valence-electron chi connectivity index (χ1n) is 8.00. The first kappa shape index (κ1) is 15.3. The van der Waals surface area contributed by atoms with Gasteiger partial charge in [0.15, 0.2) is 0 Å². The molecule has 0 aliphatic carbocycles. The van der Waals surface area contributed by atoms with E-state index in [9.17, 15) is 4.79 Å². The topological polar surface area (TPSA) is 55.0 Å². The van der Waals surface area contributed by atoms with Crippen molar-refractivity contribution < 1.29 is 4.74 Å². The van der Waals surface area contributed by atoms with Crippen LogP contribution in [0, 0.1) is 0 Å². The van der Waals surface area contributed by atoms with Gasteiger partial charge in [0.25, 0.3) is 5.56 Å². The summed E-state index contributed by atoms with van der Waals surface area (Å²) >= 11 is 0. The van der Waals surface area contributed by atoms with E-state index < -0.39 is 0 Å². The van der Waals surface area contributed by atoms with Crippen molar-refractivity contribution in [2.24, 2.45) is 0 Å². The fourth-order valence-corrected chi connectivity index (χ4v) is 2.47. The third-order valence-electron chi connectivity index (χ3n) is 3.76. The minimum atomic E-state index is -0.120. The lowest BCUT2D eigenvalue weighted by molar-refractivity contribution is 0.306. The van der Waals surface area contributed by atoms with Gasteiger partial charge in [-0.2, -0.15) is 0 Å². The lowest BCUT2D eigenvalue weighted by Crippen LogP contribution is -2.09. The molecule has 0 aliphatic rings. The van der Waals surface area contributed by atoms with Crippen LogP contribution in [-0.2, 0) is 0 Å². The maximum Gasteiger partial charge on any atom is 0.259 e. The van der Waals surface area contributed by atoms with Crippen molar-refractivity contribution in [2.45, 2.75) is 26.2 Å². The largest absolute Gasteiger partial charge is 0.494 e. The Bertz CT molecular complexity index is 838. The maximum absolute atomic E-state index is 12.1. The summed E-state index contributed by atoms with van der Waals surface area (Å²) in [6, 6.07) is 15.0. The zero-order chi connectivity index (χ0) is 16.1. The number of aromatic amines is 1. The molecule has 0 atom stereocenters. The van der Waals surface area contributed by atoms with E-state index in [2.05, 4.69) is 16.9 Å². The Morgan fingerprint density at radius 3 is 2.61 bits per heavy atom. The lowest BCUT2D eigenvalue weighted by Gasteiger charge is -2.07. The van der Waals surface area contributed by atoms with Crippen molar-refractivity contribution in [3.05, 3.63) is 58.9 Å². The first-order chi connectivity index (χ1) is 11.3. The summed E-state index contributed by atoms with van der Waals surface area (Å²) in [5, 5.41) is 0.604. The molecule has 4 nitrogen and oxygen atoms in total. The molecule has 0 amide bonds. The van der Waals surface area contributed by atoms with Gasteiger partial charge in [-0.1, -0.05) is 31.9 Å². The predicted molar refractivity (Wildman–Crippen MR) is 92.8 cm³/mol. The number of rotatable bonds is 6. The number of hydrogen-bond acceptors (Lipinski definition) is 3. The minimum absolute atomic E-state index is 0.120. The molecular weight excluding hydrogens is 288 g/mol. The molecule has 0 unspecified atom stereocenters. The number of H-pyrrole nitrogens is 1. The molecule has 1 heterocycles. The van der Waals surface area contributed by atoms with E-state index >= 15 is 0 Å². The van der Waals surface area contributed by atoms with Crippen LogP contribution >= 0.6 is 0 Å². The standard InChI is InChI=1S/C19H20N2O2/c1-2-3-6-13-23-15-11-9-14(10-12-15)18-20-17-8-5-4-7-16(17)19(22)21-18/h4-5,7-12H,2-3,6,13H2,1H3,(H,20,21,22). The van der Waals surface area contributed by atoms with E-state index in [1.165, 1.54) is 12.8 Å². The molecule has 1 aromatic heterocycles. The molecule has 0 spiro atoms. The zero-order valence-corrected chi connectivity index (χ0v) is 13.2. The Hall–Kier alpha value is -2.62. The van der Waals surface area contributed by atoms with Crippen LogP contribution < -0.4 is 10.3 Å². The van der Waals surface area contributed by atoms with Crippen LogP contribution in [0.5, 0.6) is 5.75 Å². The molecule has 2 aromatic carbocycles. The number of para-hydroxylation sites is 1. The van der Waals surface area contributed by atoms with E-state index in [4.69, 9.17) is 4.74 Å². The molecule has 3 aromatic rings. The number of benzene rings is 2. The number of hydrogen-bond donors (Lipinski definition) is 1. The van der Waals surface area contributed by atoms with Crippen LogP contribution in [0.3, 0.4) is 0 Å². The summed E-state index contributed by atoms with van der Waals surface area (Å²) in [6.45, 7) is 2.91. The summed E-state index contributed by atoms with van der Waals surface area (Å²) in [7, 11) is 0. The molecule has 0 saturated heterocycles. The van der Waals surface area contributed by atoms with Crippen molar-refractivity contribution in [2.75, 3.05) is 6.61 Å². The van der Waals surface area contributed by atoms with Gasteiger partial charge in [0, 0.05) is 5.56 Å². The summed E-state index contributed by atoms with van der Waals surface area (Å²) in [4.78, 5) is 19.5. The molecule has 118 valence electrons. The Kier molecular flexibility index (Phi) is 4.71. The van der Waals surface area contributed by atoms with Gasteiger partial charge in [-0.3, -0.25) is 4.79 Å². The molecular formula is C19H20N2O2. The average Bonchev–Trinajstić information content (AvgIpc) is 2.59. The van der Waals surface area contributed by atoms with Crippen LogP contribution in [0.25, 0.3) is 22.3 Å². The molecule has 0 saturated carbocycles. The summed E-state index contributed by atoms with van der Waals surface area (Å²) in [6.07, 6.45) is 3.43. The number of nitrogens with one attached hydrogen (secondary N) is 1. The normalized spacial score (nSPS) is 10.8. The van der Waals surface area contributed by atoms with E-state index in [1.54, 1.807) is 6.07 Å². The number of aromatic nitrogens is 2. The third-order valence-corrected chi connectivity index (χ3v) is 3.76. The molecule has 0 fully saturated rings. The van der Waals surface area contributed by atoms with Gasteiger partial charge < -0.3 is 9.72 Å². The van der Waals surface area contributed by atoms with Crippen LogP contribution in [-0.4, -0.2) is 16.6 Å². The SMILES string of the molecule is CCCCCOc1ccc(-c2nc3ccccc3c(=O)[nH]2)cc1. The highest BCUT2D eigenvalue weighted by molar-refractivity contribution is 5.79. The number of nitrogens with zero attached hydrogens (tertiary/aromatic N) is 1. The van der Waals surface area contributed by atoms with Crippen molar-refractivity contribution in [3.63, 3.8) is 0 Å². The molecule has 3 rings (SSSR count). The van der Waals surface area contributed by atoms with E-state index in [0.29, 0.717) is 16.7 Å². The van der Waals surface area contributed by atoms with Crippen LogP contribution in [0.2, 0.25) is 0 Å². The quantitative estimate of drug-likeness (QED) is 0.696. The van der Waals surface area contributed by atoms with E-state index in [0.717, 1.165) is 24.3 Å². The fraction of sp³-hybridized carbons (Fsp3) is 0.263. The minimum Gasteiger partial charge on any atom is -0.494 e. The average molecular weight is 308 g/mol. The van der Waals surface area contributed by atoms with Gasteiger partial charge in [0.2, 0.25) is 0 Å². The maximum atomic E-state index is 12.1. The second kappa shape index (κ2) is 7.09. The molecule has 0 radical (unpaired) electrons. The summed E-state index contributed by atoms with van der Waals surface area (Å²) < 4.78 is 5.70. The number of unbranched alkanes of at least 4 members (excludes halogenated alkanes) is 2. The van der Waals surface area contributed by atoms with Gasteiger partial charge >= 0.3 is 0 Å². The van der Waals surface area contributed by atoms with Crippen molar-refractivity contribution in [3.8, 4) is 17.1 Å². The first-order valence-corrected chi connectivity index (χ1v) is 8.00. The second-order valence-electron chi connectivity index (χ2n) is 5.51. The van der Waals surface area contributed by atoms with Gasteiger partial charge in [-0.25, -0.2) is 4.98 Å². The zero-order valence-electron chi connectivity index (χ0n) is 13.2. The monoisotopic (exact) mass is 308 g/mol. The fourth-order valence-electron chi connectivity index (χ4n) is 2.47. The van der Waals surface area contributed by atoms with Gasteiger partial charge in [0.05, 0.1) is 17.5 Å². The van der Waals surface area contributed by atoms with Crippen LogP contribution in [0.15, 0.2) is 53.3 Å². The van der Waals surface area contributed by atoms with Crippen molar-refractivity contribution in [1.29, 1.82) is 0 Å². The molecule has 23 heavy (non-hydrogen) atoms. The smallest absolute Gasteiger partial charge is 0.259 e. The van der Waals surface area contributed by atoms with E-state index in [1.807, 2.05) is 42.5 Å². The highest BCUT2D eigenvalue weighted by Crippen LogP contribution is 2.20. The molecule has 0 aliphatic heterocycles.